The average Bonchev–Trinajstić information content (AvgIpc) is 2.21. The zero-order valence-electron chi connectivity index (χ0n) is 7.30. The summed E-state index contributed by atoms with van der Waals surface area (Å²) in [4.78, 5) is 0. The number of nitrogens with two attached hydrogens (primary N) is 1. The van der Waals surface area contributed by atoms with Crippen LogP contribution in [0.5, 0.6) is 0 Å². The minimum Gasteiger partial charge on any atom is -0.368 e. The second-order valence-electron chi connectivity index (χ2n) is 2.57. The molecule has 1 aromatic rings. The van der Waals surface area contributed by atoms with Gasteiger partial charge in [0.15, 0.2) is 0 Å². The summed E-state index contributed by atoms with van der Waals surface area (Å²) in [7, 11) is 0. The Hall–Kier alpha value is -0.970. The maximum absolute atomic E-state index is 5.73. The third kappa shape index (κ3) is 3.83. The molecule has 14 heavy (non-hydrogen) atoms. The van der Waals surface area contributed by atoms with Gasteiger partial charge in [0.25, 0.3) is 0 Å². The molecule has 0 radical (unpaired) electrons. The van der Waals surface area contributed by atoms with E-state index in [2.05, 4.69) is 15.4 Å². The SMILES string of the molecule is N/C(=N\Cl)NNCc1ccc(Cl)cc1. The number of halogens is 2. The third-order valence-electron chi connectivity index (χ3n) is 1.51. The quantitative estimate of drug-likeness (QED) is 0.420. The van der Waals surface area contributed by atoms with E-state index >= 15 is 0 Å². The molecule has 0 atom stereocenters. The van der Waals surface area contributed by atoms with Crippen molar-refractivity contribution in [2.75, 3.05) is 0 Å². The summed E-state index contributed by atoms with van der Waals surface area (Å²) in [5, 5.41) is 0.712. The third-order valence-corrected chi connectivity index (χ3v) is 1.95. The van der Waals surface area contributed by atoms with Crippen molar-refractivity contribution in [3.05, 3.63) is 34.9 Å². The van der Waals surface area contributed by atoms with Gasteiger partial charge in [-0.25, -0.2) is 5.43 Å². The number of hydrogen-bond donors (Lipinski definition) is 3. The van der Waals surface area contributed by atoms with Crippen LogP contribution in [0.25, 0.3) is 0 Å². The topological polar surface area (TPSA) is 62.4 Å². The molecule has 0 saturated carbocycles. The van der Waals surface area contributed by atoms with Gasteiger partial charge in [0.2, 0.25) is 5.96 Å². The van der Waals surface area contributed by atoms with Gasteiger partial charge in [-0.15, -0.1) is 4.51 Å². The highest BCUT2D eigenvalue weighted by molar-refractivity contribution is 6.30. The Kier molecular flexibility index (Phi) is 4.52. The van der Waals surface area contributed by atoms with Gasteiger partial charge in [-0.1, -0.05) is 23.7 Å². The Morgan fingerprint density at radius 2 is 2.00 bits per heavy atom. The zero-order valence-corrected chi connectivity index (χ0v) is 8.81. The molecule has 0 saturated heterocycles. The first-order valence-corrected chi connectivity index (χ1v) is 4.61. The van der Waals surface area contributed by atoms with Crippen molar-refractivity contribution in [3.8, 4) is 0 Å². The molecule has 4 nitrogen and oxygen atoms in total. The molecule has 0 aliphatic rings. The van der Waals surface area contributed by atoms with E-state index < -0.39 is 0 Å². The fourth-order valence-corrected chi connectivity index (χ4v) is 1.03. The average molecular weight is 233 g/mol. The van der Waals surface area contributed by atoms with Gasteiger partial charge >= 0.3 is 0 Å². The lowest BCUT2D eigenvalue weighted by Crippen LogP contribution is -2.41. The molecule has 0 aromatic heterocycles. The van der Waals surface area contributed by atoms with Crippen molar-refractivity contribution in [3.63, 3.8) is 0 Å². The molecule has 1 rings (SSSR count). The van der Waals surface area contributed by atoms with Gasteiger partial charge in [-0.05, 0) is 17.7 Å². The Bertz CT molecular complexity index is 310. The van der Waals surface area contributed by atoms with Crippen molar-refractivity contribution < 1.29 is 0 Å². The van der Waals surface area contributed by atoms with Crippen molar-refractivity contribution in [2.24, 2.45) is 10.2 Å². The molecule has 1 aromatic carbocycles. The summed E-state index contributed by atoms with van der Waals surface area (Å²) < 4.78 is 3.21. The van der Waals surface area contributed by atoms with Gasteiger partial charge in [-0.2, -0.15) is 0 Å². The first kappa shape index (κ1) is 11.1. The summed E-state index contributed by atoms with van der Waals surface area (Å²) in [6.45, 7) is 0.601. The van der Waals surface area contributed by atoms with Gasteiger partial charge < -0.3 is 5.73 Å². The second-order valence-corrected chi connectivity index (χ2v) is 3.18. The summed E-state index contributed by atoms with van der Waals surface area (Å²) in [6.07, 6.45) is 0. The molecule has 0 fully saturated rings. The molecule has 0 unspecified atom stereocenters. The van der Waals surface area contributed by atoms with E-state index in [0.717, 1.165) is 5.56 Å². The van der Waals surface area contributed by atoms with Crippen LogP contribution in [0.15, 0.2) is 28.8 Å². The molecule has 0 amide bonds. The van der Waals surface area contributed by atoms with Crippen LogP contribution in [0.2, 0.25) is 5.02 Å². The summed E-state index contributed by atoms with van der Waals surface area (Å²) >= 11 is 10.8. The maximum Gasteiger partial charge on any atom is 0.220 e. The Balaban J connectivity index is 2.35. The summed E-state index contributed by atoms with van der Waals surface area (Å²) in [5.41, 5.74) is 11.8. The van der Waals surface area contributed by atoms with Crippen molar-refractivity contribution in [1.82, 2.24) is 10.9 Å². The van der Waals surface area contributed by atoms with Gasteiger partial charge in [0.05, 0.1) is 0 Å². The molecular weight excluding hydrogens is 223 g/mol. The lowest BCUT2D eigenvalue weighted by atomic mass is 10.2. The first-order chi connectivity index (χ1) is 6.72. The molecule has 0 aliphatic heterocycles. The Labute approximate surface area is 92.2 Å². The number of guanidine groups is 1. The highest BCUT2D eigenvalue weighted by Gasteiger charge is 1.93. The molecule has 0 aliphatic carbocycles. The van der Waals surface area contributed by atoms with Gasteiger partial charge in [0.1, 0.15) is 0 Å². The highest BCUT2D eigenvalue weighted by Crippen LogP contribution is 2.08. The largest absolute Gasteiger partial charge is 0.368 e. The van der Waals surface area contributed by atoms with Crippen LogP contribution in [0.3, 0.4) is 0 Å². The van der Waals surface area contributed by atoms with Gasteiger partial charge in [0, 0.05) is 23.3 Å². The molecule has 0 spiro atoms. The van der Waals surface area contributed by atoms with Crippen LogP contribution in [-0.4, -0.2) is 5.96 Å². The molecular formula is C8H10Cl2N4. The second kappa shape index (κ2) is 5.70. The Morgan fingerprint density at radius 1 is 1.36 bits per heavy atom. The standard InChI is InChI=1S/C8H10Cl2N4/c9-7-3-1-6(2-4-7)5-12-14-8(11)13-10/h1-4,12H,5H2,(H3,11,13,14). The van der Waals surface area contributed by atoms with E-state index in [9.17, 15) is 0 Å². The predicted molar refractivity (Wildman–Crippen MR) is 58.9 cm³/mol. The van der Waals surface area contributed by atoms with Crippen LogP contribution in [0.4, 0.5) is 0 Å². The first-order valence-electron chi connectivity index (χ1n) is 3.90. The van der Waals surface area contributed by atoms with E-state index in [4.69, 9.17) is 29.1 Å². The van der Waals surface area contributed by atoms with Gasteiger partial charge in [-0.3, -0.25) is 5.43 Å². The number of nitrogens with zero attached hydrogens (tertiary/aromatic N) is 1. The lowest BCUT2D eigenvalue weighted by molar-refractivity contribution is 0.650. The number of hydrogen-bond acceptors (Lipinski definition) is 2. The van der Waals surface area contributed by atoms with E-state index in [0.29, 0.717) is 11.6 Å². The fraction of sp³-hybridized carbons (Fsp3) is 0.125. The van der Waals surface area contributed by atoms with E-state index in [1.54, 1.807) is 0 Å². The number of rotatable bonds is 3. The maximum atomic E-state index is 5.73. The van der Waals surface area contributed by atoms with E-state index in [1.165, 1.54) is 0 Å². The predicted octanol–water partition coefficient (Wildman–Crippen LogP) is 1.40. The highest BCUT2D eigenvalue weighted by atomic mass is 35.5. The smallest absolute Gasteiger partial charge is 0.220 e. The van der Waals surface area contributed by atoms with Crippen LogP contribution in [0, 0.1) is 0 Å². The van der Waals surface area contributed by atoms with Crippen LogP contribution >= 0.6 is 23.4 Å². The number of hydrazine groups is 1. The van der Waals surface area contributed by atoms with Crippen LogP contribution < -0.4 is 16.6 Å². The lowest BCUT2D eigenvalue weighted by Gasteiger charge is -2.06. The monoisotopic (exact) mass is 232 g/mol. The summed E-state index contributed by atoms with van der Waals surface area (Å²) in [5.74, 6) is 0.126. The zero-order chi connectivity index (χ0) is 10.4. The molecule has 76 valence electrons. The number of benzene rings is 1. The minimum absolute atomic E-state index is 0.126. The van der Waals surface area contributed by atoms with Crippen LogP contribution in [-0.2, 0) is 6.54 Å². The van der Waals surface area contributed by atoms with Crippen molar-refractivity contribution in [2.45, 2.75) is 6.54 Å². The summed E-state index contributed by atoms with van der Waals surface area (Å²) in [6, 6.07) is 7.45. The van der Waals surface area contributed by atoms with Crippen LogP contribution in [0.1, 0.15) is 5.56 Å². The molecule has 4 N–H and O–H groups in total. The van der Waals surface area contributed by atoms with Crippen molar-refractivity contribution >= 4 is 29.3 Å². The fourth-order valence-electron chi connectivity index (χ4n) is 0.860. The minimum atomic E-state index is 0.126. The molecule has 0 bridgehead atoms. The van der Waals surface area contributed by atoms with E-state index in [1.807, 2.05) is 24.3 Å². The Morgan fingerprint density at radius 3 is 2.57 bits per heavy atom. The molecule has 6 heteroatoms. The normalized spacial score (nSPS) is 11.4. The van der Waals surface area contributed by atoms with Crippen molar-refractivity contribution in [1.29, 1.82) is 0 Å². The number of nitrogens with one attached hydrogen (secondary N) is 2. The molecule has 0 heterocycles. The van der Waals surface area contributed by atoms with E-state index in [-0.39, 0.29) is 5.96 Å².